The quantitative estimate of drug-likeness (QED) is 0.874. The zero-order chi connectivity index (χ0) is 15.1. The van der Waals surface area contributed by atoms with Gasteiger partial charge in [-0.2, -0.15) is 0 Å². The van der Waals surface area contributed by atoms with Gasteiger partial charge in [-0.25, -0.2) is 4.39 Å². The summed E-state index contributed by atoms with van der Waals surface area (Å²) in [6, 6.07) is 6.71. The zero-order valence-electron chi connectivity index (χ0n) is 12.8. The van der Waals surface area contributed by atoms with Crippen molar-refractivity contribution < 1.29 is 9.18 Å². The van der Waals surface area contributed by atoms with E-state index in [-0.39, 0.29) is 11.7 Å². The molecule has 0 spiro atoms. The summed E-state index contributed by atoms with van der Waals surface area (Å²) in [5.41, 5.74) is 0.655. The van der Waals surface area contributed by atoms with E-state index in [4.69, 9.17) is 0 Å². The molecule has 1 fully saturated rings. The number of halogens is 1. The fraction of sp³-hybridized carbons (Fsp3) is 0.588. The molecule has 1 aromatic carbocycles. The average Bonchev–Trinajstić information content (AvgIpc) is 2.49. The van der Waals surface area contributed by atoms with Crippen molar-refractivity contribution in [3.63, 3.8) is 0 Å². The Morgan fingerprint density at radius 2 is 2.05 bits per heavy atom. The number of nitrogens with one attached hydrogen (secondary N) is 1. The normalized spacial score (nSPS) is 16.9. The fourth-order valence-corrected chi connectivity index (χ4v) is 2.67. The highest BCUT2D eigenvalue weighted by molar-refractivity contribution is 5.76. The smallest absolute Gasteiger partial charge is 0.221 e. The predicted octanol–water partition coefficient (Wildman–Crippen LogP) is 2.61. The Kier molecular flexibility index (Phi) is 6.18. The van der Waals surface area contributed by atoms with Gasteiger partial charge in [0, 0.05) is 19.5 Å². The molecule has 1 aliphatic rings. The van der Waals surface area contributed by atoms with E-state index in [0.717, 1.165) is 25.6 Å². The molecule has 0 aromatic heterocycles. The highest BCUT2D eigenvalue weighted by atomic mass is 19.1. The van der Waals surface area contributed by atoms with Crippen LogP contribution in [0, 0.1) is 11.7 Å². The summed E-state index contributed by atoms with van der Waals surface area (Å²) in [4.78, 5) is 14.2. The fourth-order valence-electron chi connectivity index (χ4n) is 2.67. The molecule has 0 aliphatic carbocycles. The van der Waals surface area contributed by atoms with E-state index >= 15 is 0 Å². The van der Waals surface area contributed by atoms with Crippen molar-refractivity contribution in [3.05, 3.63) is 35.6 Å². The van der Waals surface area contributed by atoms with Gasteiger partial charge in [-0.15, -0.1) is 0 Å². The van der Waals surface area contributed by atoms with Gasteiger partial charge in [0.25, 0.3) is 0 Å². The van der Waals surface area contributed by atoms with Crippen molar-refractivity contribution >= 4 is 5.91 Å². The third kappa shape index (κ3) is 5.46. The highest BCUT2D eigenvalue weighted by Crippen LogP contribution is 2.15. The van der Waals surface area contributed by atoms with Gasteiger partial charge in [-0.1, -0.05) is 25.1 Å². The largest absolute Gasteiger partial charge is 0.356 e. The lowest BCUT2D eigenvalue weighted by Gasteiger charge is -2.29. The van der Waals surface area contributed by atoms with E-state index in [1.165, 1.54) is 18.9 Å². The first-order chi connectivity index (χ1) is 10.1. The monoisotopic (exact) mass is 292 g/mol. The lowest BCUT2D eigenvalue weighted by Crippen LogP contribution is -2.36. The third-order valence-corrected chi connectivity index (χ3v) is 4.21. The average molecular weight is 292 g/mol. The molecular weight excluding hydrogens is 267 g/mol. The maximum absolute atomic E-state index is 13.4. The number of hydrogen-bond donors (Lipinski definition) is 1. The van der Waals surface area contributed by atoms with Gasteiger partial charge in [-0.05, 0) is 49.9 Å². The lowest BCUT2D eigenvalue weighted by molar-refractivity contribution is -0.121. The van der Waals surface area contributed by atoms with Crippen LogP contribution in [0.3, 0.4) is 0 Å². The van der Waals surface area contributed by atoms with Crippen molar-refractivity contribution in [2.45, 2.75) is 32.6 Å². The third-order valence-electron chi connectivity index (χ3n) is 4.21. The Labute approximate surface area is 126 Å². The van der Waals surface area contributed by atoms with Crippen molar-refractivity contribution in [2.24, 2.45) is 5.92 Å². The number of rotatable bonds is 6. The second-order valence-electron chi connectivity index (χ2n) is 5.97. The van der Waals surface area contributed by atoms with E-state index < -0.39 is 0 Å². The topological polar surface area (TPSA) is 32.3 Å². The Morgan fingerprint density at radius 1 is 1.33 bits per heavy atom. The molecule has 4 heteroatoms. The van der Waals surface area contributed by atoms with Gasteiger partial charge in [0.2, 0.25) is 5.91 Å². The number of likely N-dealkylation sites (tertiary alicyclic amines) is 1. The number of carbonyl (C=O) groups is 1. The van der Waals surface area contributed by atoms with E-state index in [0.29, 0.717) is 24.9 Å². The minimum Gasteiger partial charge on any atom is -0.356 e. The summed E-state index contributed by atoms with van der Waals surface area (Å²) in [6.07, 6.45) is 3.54. The first-order valence-electron chi connectivity index (χ1n) is 7.87. The maximum atomic E-state index is 13.4. The summed E-state index contributed by atoms with van der Waals surface area (Å²) >= 11 is 0. The predicted molar refractivity (Wildman–Crippen MR) is 82.6 cm³/mol. The van der Waals surface area contributed by atoms with E-state index in [2.05, 4.69) is 17.1 Å². The maximum Gasteiger partial charge on any atom is 0.221 e. The zero-order valence-corrected chi connectivity index (χ0v) is 12.8. The van der Waals surface area contributed by atoms with Crippen LogP contribution in [0.5, 0.6) is 0 Å². The highest BCUT2D eigenvalue weighted by Gasteiger charge is 2.16. The van der Waals surface area contributed by atoms with Crippen LogP contribution in [0.15, 0.2) is 24.3 Å². The molecule has 1 heterocycles. The second-order valence-corrected chi connectivity index (χ2v) is 5.97. The molecule has 1 aliphatic heterocycles. The van der Waals surface area contributed by atoms with Gasteiger partial charge < -0.3 is 10.2 Å². The van der Waals surface area contributed by atoms with Gasteiger partial charge >= 0.3 is 0 Å². The van der Waals surface area contributed by atoms with Gasteiger partial charge in [0.15, 0.2) is 0 Å². The molecule has 0 radical (unpaired) electrons. The Hall–Kier alpha value is -1.42. The number of amides is 1. The molecule has 116 valence electrons. The number of nitrogens with zero attached hydrogens (tertiary/aromatic N) is 1. The first-order valence-corrected chi connectivity index (χ1v) is 7.87. The molecule has 3 nitrogen and oxygen atoms in total. The molecule has 21 heavy (non-hydrogen) atoms. The number of hydrogen-bond acceptors (Lipinski definition) is 2. The number of piperidine rings is 1. The molecule has 1 aromatic rings. The molecule has 1 N–H and O–H groups in total. The van der Waals surface area contributed by atoms with Crippen LogP contribution in [0.1, 0.15) is 31.7 Å². The van der Waals surface area contributed by atoms with Crippen molar-refractivity contribution in [1.82, 2.24) is 10.2 Å². The molecule has 0 bridgehead atoms. The molecule has 0 unspecified atom stereocenters. The second kappa shape index (κ2) is 8.13. The standard InChI is InChI=1S/C17H25FN2O/c1-14-7-11-20(12-8-14)13-9-17(21)19-10-6-15-4-2-3-5-16(15)18/h2-5,14H,6-13H2,1H3,(H,19,21). The van der Waals surface area contributed by atoms with Crippen LogP contribution in [0.4, 0.5) is 4.39 Å². The van der Waals surface area contributed by atoms with Gasteiger partial charge in [0.05, 0.1) is 0 Å². The first kappa shape index (κ1) is 16.0. The van der Waals surface area contributed by atoms with Crippen LogP contribution in [-0.2, 0) is 11.2 Å². The molecule has 1 amide bonds. The number of benzene rings is 1. The van der Waals surface area contributed by atoms with E-state index in [1.54, 1.807) is 12.1 Å². The van der Waals surface area contributed by atoms with E-state index in [1.807, 2.05) is 6.07 Å². The SMILES string of the molecule is CC1CCN(CCC(=O)NCCc2ccccc2F)CC1. The molecular formula is C17H25FN2O. The van der Waals surface area contributed by atoms with E-state index in [9.17, 15) is 9.18 Å². The van der Waals surface area contributed by atoms with Crippen LogP contribution in [-0.4, -0.2) is 37.0 Å². The molecule has 0 saturated carbocycles. The molecule has 0 atom stereocenters. The summed E-state index contributed by atoms with van der Waals surface area (Å²) in [5.74, 6) is 0.676. The van der Waals surface area contributed by atoms with Crippen molar-refractivity contribution in [1.29, 1.82) is 0 Å². The van der Waals surface area contributed by atoms with Crippen LogP contribution in [0.2, 0.25) is 0 Å². The Balaban J connectivity index is 1.61. The van der Waals surface area contributed by atoms with Gasteiger partial charge in [-0.3, -0.25) is 4.79 Å². The van der Waals surface area contributed by atoms with Crippen molar-refractivity contribution in [3.8, 4) is 0 Å². The number of carbonyl (C=O) groups excluding carboxylic acids is 1. The summed E-state index contributed by atoms with van der Waals surface area (Å²) in [7, 11) is 0. The van der Waals surface area contributed by atoms with Gasteiger partial charge in [0.1, 0.15) is 5.82 Å². The Morgan fingerprint density at radius 3 is 2.76 bits per heavy atom. The molecule has 2 rings (SSSR count). The van der Waals surface area contributed by atoms with Crippen molar-refractivity contribution in [2.75, 3.05) is 26.2 Å². The van der Waals surface area contributed by atoms with Crippen LogP contribution >= 0.6 is 0 Å². The van der Waals surface area contributed by atoms with Crippen LogP contribution in [0.25, 0.3) is 0 Å². The van der Waals surface area contributed by atoms with Crippen LogP contribution < -0.4 is 5.32 Å². The Bertz CT molecular complexity index is 456. The summed E-state index contributed by atoms with van der Waals surface area (Å²) in [5, 5.41) is 2.87. The minimum absolute atomic E-state index is 0.0601. The summed E-state index contributed by atoms with van der Waals surface area (Å²) < 4.78 is 13.4. The minimum atomic E-state index is -0.200. The molecule has 1 saturated heterocycles. The lowest BCUT2D eigenvalue weighted by atomic mass is 9.99. The summed E-state index contributed by atoms with van der Waals surface area (Å²) in [6.45, 7) is 5.81.